The normalized spacial score (nSPS) is 12.2. The van der Waals surface area contributed by atoms with Crippen LogP contribution in [0.25, 0.3) is 0 Å². The lowest BCUT2D eigenvalue weighted by molar-refractivity contribution is -0.136. The molecule has 2 aromatic carbocycles. The number of ether oxygens (including phenoxy) is 1. The van der Waals surface area contributed by atoms with Crippen molar-refractivity contribution in [1.29, 1.82) is 0 Å². The number of aryl methyl sites for hydroxylation is 1. The molecule has 7 nitrogen and oxygen atoms in total. The minimum Gasteiger partial charge on any atom is -0.493 e. The predicted octanol–water partition coefficient (Wildman–Crippen LogP) is 4.34. The third-order valence-corrected chi connectivity index (χ3v) is 6.78. The van der Waals surface area contributed by atoms with Gasteiger partial charge in [-0.05, 0) is 54.8 Å². The lowest BCUT2D eigenvalue weighted by Crippen LogP contribution is -2.19. The number of carboxylic acid groups (broad SMARTS) is 1. The SMILES string of the molecule is CC(CCOc1cccc(S(=O)(=O)Cc2ccccc2CCC(=O)O)c1)Nc1ccccn1. The van der Waals surface area contributed by atoms with E-state index in [2.05, 4.69) is 10.3 Å². The number of anilines is 1. The molecule has 0 amide bonds. The fourth-order valence-corrected chi connectivity index (χ4v) is 4.79. The van der Waals surface area contributed by atoms with Crippen molar-refractivity contribution in [2.24, 2.45) is 0 Å². The van der Waals surface area contributed by atoms with Gasteiger partial charge in [0.1, 0.15) is 11.6 Å². The number of carboxylic acids is 1. The topological polar surface area (TPSA) is 106 Å². The van der Waals surface area contributed by atoms with Crippen LogP contribution in [0.2, 0.25) is 0 Å². The lowest BCUT2D eigenvalue weighted by Gasteiger charge is -2.15. The summed E-state index contributed by atoms with van der Waals surface area (Å²) in [4.78, 5) is 15.3. The number of aromatic nitrogens is 1. The van der Waals surface area contributed by atoms with Crippen molar-refractivity contribution < 1.29 is 23.1 Å². The number of aliphatic carboxylic acids is 1. The van der Waals surface area contributed by atoms with Crippen LogP contribution in [0.5, 0.6) is 5.75 Å². The van der Waals surface area contributed by atoms with Crippen molar-refractivity contribution >= 4 is 21.6 Å². The molecule has 0 saturated carbocycles. The zero-order valence-corrected chi connectivity index (χ0v) is 19.3. The molecule has 174 valence electrons. The maximum atomic E-state index is 13.0. The number of rotatable bonds is 12. The van der Waals surface area contributed by atoms with E-state index in [0.29, 0.717) is 24.3 Å². The number of carbonyl (C=O) groups is 1. The molecule has 0 bridgehead atoms. The predicted molar refractivity (Wildman–Crippen MR) is 127 cm³/mol. The number of benzene rings is 2. The zero-order valence-electron chi connectivity index (χ0n) is 18.5. The van der Waals surface area contributed by atoms with E-state index in [4.69, 9.17) is 9.84 Å². The van der Waals surface area contributed by atoms with Gasteiger partial charge in [-0.2, -0.15) is 0 Å². The van der Waals surface area contributed by atoms with E-state index < -0.39 is 15.8 Å². The van der Waals surface area contributed by atoms with E-state index >= 15 is 0 Å². The van der Waals surface area contributed by atoms with Gasteiger partial charge in [0.15, 0.2) is 9.84 Å². The first-order chi connectivity index (χ1) is 15.8. The molecule has 3 aromatic rings. The van der Waals surface area contributed by atoms with E-state index in [-0.39, 0.29) is 29.5 Å². The van der Waals surface area contributed by atoms with Gasteiger partial charge in [-0.3, -0.25) is 4.79 Å². The number of pyridine rings is 1. The third-order valence-electron chi connectivity index (χ3n) is 5.12. The Hall–Kier alpha value is -3.39. The Kier molecular flexibility index (Phi) is 8.43. The van der Waals surface area contributed by atoms with E-state index in [1.165, 1.54) is 6.07 Å². The van der Waals surface area contributed by atoms with Gasteiger partial charge in [-0.15, -0.1) is 0 Å². The quantitative estimate of drug-likeness (QED) is 0.407. The number of nitrogens with one attached hydrogen (secondary N) is 1. The molecule has 33 heavy (non-hydrogen) atoms. The fraction of sp³-hybridized carbons (Fsp3) is 0.280. The van der Waals surface area contributed by atoms with Gasteiger partial charge in [0.25, 0.3) is 0 Å². The van der Waals surface area contributed by atoms with E-state index in [9.17, 15) is 13.2 Å². The highest BCUT2D eigenvalue weighted by Crippen LogP contribution is 2.23. The molecule has 2 N–H and O–H groups in total. The standard InChI is InChI=1S/C25H28N2O5S/c1-19(27-24-11-4-5-15-26-24)14-16-32-22-9-6-10-23(17-22)33(30,31)18-21-8-3-2-7-20(21)12-13-25(28)29/h2-11,15,17,19H,12-14,16,18H2,1H3,(H,26,27)(H,28,29). The Morgan fingerprint density at radius 2 is 1.82 bits per heavy atom. The monoisotopic (exact) mass is 468 g/mol. The van der Waals surface area contributed by atoms with Crippen molar-refractivity contribution in [1.82, 2.24) is 4.98 Å². The van der Waals surface area contributed by atoms with Crippen LogP contribution in [0, 0.1) is 0 Å². The maximum absolute atomic E-state index is 13.0. The van der Waals surface area contributed by atoms with Crippen LogP contribution < -0.4 is 10.1 Å². The first-order valence-electron chi connectivity index (χ1n) is 10.8. The highest BCUT2D eigenvalue weighted by molar-refractivity contribution is 7.90. The summed E-state index contributed by atoms with van der Waals surface area (Å²) < 4.78 is 31.9. The summed E-state index contributed by atoms with van der Waals surface area (Å²) in [6.07, 6.45) is 2.68. The van der Waals surface area contributed by atoms with Crippen LogP contribution >= 0.6 is 0 Å². The minimum atomic E-state index is -3.63. The van der Waals surface area contributed by atoms with Crippen LogP contribution in [-0.4, -0.2) is 37.1 Å². The molecule has 0 spiro atoms. The van der Waals surface area contributed by atoms with Gasteiger partial charge >= 0.3 is 5.97 Å². The minimum absolute atomic E-state index is 0.0476. The Morgan fingerprint density at radius 3 is 2.55 bits per heavy atom. The van der Waals surface area contributed by atoms with Crippen molar-refractivity contribution in [3.8, 4) is 5.75 Å². The molecule has 1 atom stereocenters. The van der Waals surface area contributed by atoms with Crippen LogP contribution in [0.4, 0.5) is 5.82 Å². The average Bonchev–Trinajstić information content (AvgIpc) is 2.79. The second-order valence-electron chi connectivity index (χ2n) is 7.79. The van der Waals surface area contributed by atoms with Crippen molar-refractivity contribution in [2.45, 2.75) is 42.9 Å². The molecule has 1 heterocycles. The molecule has 8 heteroatoms. The van der Waals surface area contributed by atoms with Gasteiger partial charge in [-0.1, -0.05) is 36.4 Å². The van der Waals surface area contributed by atoms with Gasteiger partial charge in [0, 0.05) is 25.1 Å². The first kappa shape index (κ1) is 24.3. The number of hydrogen-bond acceptors (Lipinski definition) is 6. The summed E-state index contributed by atoms with van der Waals surface area (Å²) in [7, 11) is -3.63. The van der Waals surface area contributed by atoms with Gasteiger partial charge in [0.05, 0.1) is 17.3 Å². The van der Waals surface area contributed by atoms with Crippen LogP contribution in [0.1, 0.15) is 30.9 Å². The smallest absolute Gasteiger partial charge is 0.303 e. The largest absolute Gasteiger partial charge is 0.493 e. The maximum Gasteiger partial charge on any atom is 0.303 e. The first-order valence-corrected chi connectivity index (χ1v) is 12.4. The van der Waals surface area contributed by atoms with Crippen LogP contribution in [0.3, 0.4) is 0 Å². The molecule has 0 saturated heterocycles. The van der Waals surface area contributed by atoms with Gasteiger partial charge in [0.2, 0.25) is 0 Å². The Bertz CT molecular complexity index is 1170. The zero-order chi connectivity index (χ0) is 23.7. The highest BCUT2D eigenvalue weighted by atomic mass is 32.2. The molecular weight excluding hydrogens is 440 g/mol. The summed E-state index contributed by atoms with van der Waals surface area (Å²) in [6.45, 7) is 2.45. The molecular formula is C25H28N2O5S. The number of nitrogens with zero attached hydrogens (tertiary/aromatic N) is 1. The molecule has 1 unspecified atom stereocenters. The molecule has 3 rings (SSSR count). The summed E-state index contributed by atoms with van der Waals surface area (Å²) in [5.74, 6) is 0.168. The number of hydrogen-bond donors (Lipinski definition) is 2. The number of sulfone groups is 1. The Balaban J connectivity index is 1.61. The van der Waals surface area contributed by atoms with Crippen LogP contribution in [-0.2, 0) is 26.8 Å². The van der Waals surface area contributed by atoms with Crippen molar-refractivity contribution in [3.05, 3.63) is 84.1 Å². The van der Waals surface area contributed by atoms with Gasteiger partial charge < -0.3 is 15.2 Å². The molecule has 1 aromatic heterocycles. The molecule has 0 aliphatic carbocycles. The Labute approximate surface area is 194 Å². The summed E-state index contributed by atoms with van der Waals surface area (Å²) >= 11 is 0. The lowest BCUT2D eigenvalue weighted by atomic mass is 10.0. The highest BCUT2D eigenvalue weighted by Gasteiger charge is 2.18. The average molecular weight is 469 g/mol. The third kappa shape index (κ3) is 7.61. The second-order valence-corrected chi connectivity index (χ2v) is 9.78. The Morgan fingerprint density at radius 1 is 1.06 bits per heavy atom. The fourth-order valence-electron chi connectivity index (χ4n) is 3.36. The van der Waals surface area contributed by atoms with Gasteiger partial charge in [-0.25, -0.2) is 13.4 Å². The molecule has 0 radical (unpaired) electrons. The molecule has 0 aliphatic rings. The van der Waals surface area contributed by atoms with E-state index in [1.807, 2.05) is 25.1 Å². The van der Waals surface area contributed by atoms with E-state index in [0.717, 1.165) is 11.4 Å². The van der Waals surface area contributed by atoms with E-state index in [1.54, 1.807) is 48.7 Å². The van der Waals surface area contributed by atoms with Crippen molar-refractivity contribution in [2.75, 3.05) is 11.9 Å². The molecule has 0 fully saturated rings. The summed E-state index contributed by atoms with van der Waals surface area (Å²) in [5, 5.41) is 12.2. The second kappa shape index (κ2) is 11.5. The summed E-state index contributed by atoms with van der Waals surface area (Å²) in [6, 6.07) is 19.3. The molecule has 0 aliphatic heterocycles. The van der Waals surface area contributed by atoms with Crippen LogP contribution in [0.15, 0.2) is 77.8 Å². The van der Waals surface area contributed by atoms with Crippen molar-refractivity contribution in [3.63, 3.8) is 0 Å². The summed E-state index contributed by atoms with van der Waals surface area (Å²) in [5.41, 5.74) is 1.34.